The van der Waals surface area contributed by atoms with E-state index in [1.54, 1.807) is 18.4 Å². The van der Waals surface area contributed by atoms with Crippen LogP contribution in [0.3, 0.4) is 0 Å². The fraction of sp³-hybridized carbons (Fsp3) is 0.750. The number of nitrogens with zero attached hydrogens (tertiary/aromatic N) is 3. The summed E-state index contributed by atoms with van der Waals surface area (Å²) in [6.07, 6.45) is 0. The number of likely N-dealkylation sites (N-methyl/N-ethyl adjacent to an activating group) is 1. The van der Waals surface area contributed by atoms with Gasteiger partial charge in [-0.2, -0.15) is 17.0 Å². The third-order valence-electron chi connectivity index (χ3n) is 3.22. The highest BCUT2D eigenvalue weighted by molar-refractivity contribution is 7.86. The molecule has 0 atom stereocenters. The molecule has 0 saturated carbocycles. The lowest BCUT2D eigenvalue weighted by Crippen LogP contribution is -2.30. The Kier molecular flexibility index (Phi) is 3.77. The molecule has 5 nitrogen and oxygen atoms in total. The molecule has 1 aromatic rings. The second-order valence-electron chi connectivity index (χ2n) is 5.94. The van der Waals surface area contributed by atoms with Gasteiger partial charge in [-0.3, -0.25) is 0 Å². The van der Waals surface area contributed by atoms with E-state index in [-0.39, 0.29) is 5.41 Å². The lowest BCUT2D eigenvalue weighted by atomic mass is 9.94. The fourth-order valence-corrected chi connectivity index (χ4v) is 4.73. The van der Waals surface area contributed by atoms with Crippen LogP contribution in [0.1, 0.15) is 36.3 Å². The summed E-state index contributed by atoms with van der Waals surface area (Å²) in [5, 5.41) is 0.876. The van der Waals surface area contributed by atoms with Crippen LogP contribution in [0.25, 0.3) is 0 Å². The molecular formula is C12H21N3O2S2. The zero-order valence-corrected chi connectivity index (χ0v) is 13.7. The van der Waals surface area contributed by atoms with Crippen molar-refractivity contribution in [3.8, 4) is 0 Å². The van der Waals surface area contributed by atoms with Crippen molar-refractivity contribution >= 4 is 21.5 Å². The van der Waals surface area contributed by atoms with E-state index in [9.17, 15) is 8.42 Å². The zero-order valence-electron chi connectivity index (χ0n) is 12.1. The Morgan fingerprint density at radius 2 is 1.95 bits per heavy atom. The number of rotatable bonds is 2. The number of hydrogen-bond acceptors (Lipinski definition) is 4. The van der Waals surface area contributed by atoms with Gasteiger partial charge in [0.2, 0.25) is 0 Å². The number of thiazole rings is 1. The highest BCUT2D eigenvalue weighted by Crippen LogP contribution is 2.32. The summed E-state index contributed by atoms with van der Waals surface area (Å²) in [5.74, 6) is 0. The predicted molar refractivity (Wildman–Crippen MR) is 77.5 cm³/mol. The van der Waals surface area contributed by atoms with E-state index >= 15 is 0 Å². The normalized spacial score (nSPS) is 21.1. The van der Waals surface area contributed by atoms with Crippen LogP contribution in [0.2, 0.25) is 0 Å². The summed E-state index contributed by atoms with van der Waals surface area (Å²) in [5.41, 5.74) is 1.07. The van der Waals surface area contributed by atoms with Crippen LogP contribution < -0.4 is 0 Å². The Bertz CT molecular complexity index is 572. The van der Waals surface area contributed by atoms with Crippen molar-refractivity contribution < 1.29 is 8.42 Å². The van der Waals surface area contributed by atoms with Crippen LogP contribution in [0.5, 0.6) is 0 Å². The second kappa shape index (κ2) is 4.80. The van der Waals surface area contributed by atoms with Gasteiger partial charge >= 0.3 is 0 Å². The first-order valence-corrected chi connectivity index (χ1v) is 8.52. The Morgan fingerprint density at radius 1 is 1.32 bits per heavy atom. The monoisotopic (exact) mass is 303 g/mol. The molecule has 19 heavy (non-hydrogen) atoms. The molecular weight excluding hydrogens is 282 g/mol. The Labute approximate surface area is 119 Å². The third-order valence-corrected chi connectivity index (χ3v) is 6.72. The fourth-order valence-electron chi connectivity index (χ4n) is 2.21. The number of aromatic nitrogens is 1. The van der Waals surface area contributed by atoms with Gasteiger partial charge in [0.05, 0.1) is 12.2 Å². The molecule has 0 aromatic carbocycles. The molecule has 0 spiro atoms. The summed E-state index contributed by atoms with van der Waals surface area (Å²) < 4.78 is 26.9. The minimum Gasteiger partial charge on any atom is -0.245 e. The molecule has 0 aliphatic carbocycles. The summed E-state index contributed by atoms with van der Waals surface area (Å²) in [6, 6.07) is 0. The molecule has 0 amide bonds. The maximum Gasteiger partial charge on any atom is 0.282 e. The Morgan fingerprint density at radius 3 is 2.37 bits per heavy atom. The van der Waals surface area contributed by atoms with Gasteiger partial charge in [-0.1, -0.05) is 20.8 Å². The van der Waals surface area contributed by atoms with E-state index in [0.29, 0.717) is 19.6 Å². The van der Waals surface area contributed by atoms with Crippen molar-refractivity contribution in [2.45, 2.75) is 39.7 Å². The van der Waals surface area contributed by atoms with Crippen LogP contribution in [-0.2, 0) is 22.2 Å². The average molecular weight is 303 g/mol. The maximum absolute atomic E-state index is 12.0. The van der Waals surface area contributed by atoms with Crippen LogP contribution in [0.15, 0.2) is 0 Å². The smallest absolute Gasteiger partial charge is 0.245 e. The average Bonchev–Trinajstić information content (AvgIpc) is 2.74. The molecule has 0 radical (unpaired) electrons. The topological polar surface area (TPSA) is 53.5 Å². The molecule has 7 heteroatoms. The Balaban J connectivity index is 2.22. The van der Waals surface area contributed by atoms with Crippen LogP contribution in [0, 0.1) is 6.92 Å². The number of aryl methyl sites for hydroxylation is 1. The van der Waals surface area contributed by atoms with Gasteiger partial charge in [0.15, 0.2) is 0 Å². The first-order valence-electron chi connectivity index (χ1n) is 6.30. The first-order chi connectivity index (χ1) is 8.62. The van der Waals surface area contributed by atoms with Gasteiger partial charge in [-0.25, -0.2) is 4.98 Å². The summed E-state index contributed by atoms with van der Waals surface area (Å²) in [4.78, 5) is 5.75. The highest BCUT2D eigenvalue weighted by Gasteiger charge is 2.34. The van der Waals surface area contributed by atoms with Crippen molar-refractivity contribution in [3.05, 3.63) is 15.6 Å². The predicted octanol–water partition coefficient (Wildman–Crippen LogP) is 1.74. The van der Waals surface area contributed by atoms with E-state index < -0.39 is 10.2 Å². The summed E-state index contributed by atoms with van der Waals surface area (Å²) in [7, 11) is -1.66. The lowest BCUT2D eigenvalue weighted by Gasteiger charge is -2.16. The molecule has 0 N–H and O–H groups in total. The third kappa shape index (κ3) is 2.84. The molecule has 0 unspecified atom stereocenters. The molecule has 2 rings (SSSR count). The van der Waals surface area contributed by atoms with E-state index in [0.717, 1.165) is 10.7 Å². The van der Waals surface area contributed by atoms with Crippen molar-refractivity contribution in [3.63, 3.8) is 0 Å². The Hall–Kier alpha value is -0.500. The van der Waals surface area contributed by atoms with Crippen molar-refractivity contribution in [2.75, 3.05) is 20.1 Å². The first kappa shape index (κ1) is 14.9. The quantitative estimate of drug-likeness (QED) is 0.836. The lowest BCUT2D eigenvalue weighted by molar-refractivity contribution is 0.444. The second-order valence-corrected chi connectivity index (χ2v) is 9.05. The minimum absolute atomic E-state index is 0.0562. The molecule has 1 aliphatic heterocycles. The van der Waals surface area contributed by atoms with Crippen LogP contribution in [0.4, 0.5) is 0 Å². The molecule has 1 aliphatic rings. The van der Waals surface area contributed by atoms with Crippen LogP contribution >= 0.6 is 11.3 Å². The van der Waals surface area contributed by atoms with Gasteiger partial charge in [0, 0.05) is 25.0 Å². The van der Waals surface area contributed by atoms with Crippen molar-refractivity contribution in [1.82, 2.24) is 13.6 Å². The van der Waals surface area contributed by atoms with Crippen LogP contribution in [-0.4, -0.2) is 42.1 Å². The molecule has 1 fully saturated rings. The van der Waals surface area contributed by atoms with E-state index in [1.807, 2.05) is 6.92 Å². The molecule has 1 aromatic heterocycles. The van der Waals surface area contributed by atoms with E-state index in [2.05, 4.69) is 25.8 Å². The largest absolute Gasteiger partial charge is 0.282 e. The van der Waals surface area contributed by atoms with E-state index in [4.69, 9.17) is 0 Å². The zero-order chi connectivity index (χ0) is 14.4. The highest BCUT2D eigenvalue weighted by atomic mass is 32.2. The van der Waals surface area contributed by atoms with Gasteiger partial charge in [0.1, 0.15) is 5.01 Å². The van der Waals surface area contributed by atoms with Crippen molar-refractivity contribution in [1.29, 1.82) is 0 Å². The van der Waals surface area contributed by atoms with Gasteiger partial charge < -0.3 is 0 Å². The van der Waals surface area contributed by atoms with E-state index in [1.165, 1.54) is 13.5 Å². The minimum atomic E-state index is -3.27. The van der Waals surface area contributed by atoms with Gasteiger partial charge in [-0.05, 0) is 12.3 Å². The SMILES string of the molecule is Cc1nc(CN2CCN(C)S2(=O)=O)sc1C(C)(C)C. The summed E-state index contributed by atoms with van der Waals surface area (Å²) in [6.45, 7) is 9.92. The van der Waals surface area contributed by atoms with Gasteiger partial charge in [-0.15, -0.1) is 11.3 Å². The molecule has 1 saturated heterocycles. The maximum atomic E-state index is 12.0. The molecule has 0 bridgehead atoms. The molecule has 108 valence electrons. The van der Waals surface area contributed by atoms with Crippen molar-refractivity contribution in [2.24, 2.45) is 0 Å². The summed E-state index contributed by atoms with van der Waals surface area (Å²) >= 11 is 1.62. The number of hydrogen-bond donors (Lipinski definition) is 0. The molecule has 2 heterocycles. The van der Waals surface area contributed by atoms with Gasteiger partial charge in [0.25, 0.3) is 10.2 Å². The standard InChI is InChI=1S/C12H21N3O2S2/c1-9-11(12(2,3)4)18-10(13-9)8-15-7-6-14(5)19(15,16)17/h6-8H2,1-5H3.